The second-order valence-corrected chi connectivity index (χ2v) is 6.89. The highest BCUT2D eigenvalue weighted by Gasteiger charge is 2.19. The van der Waals surface area contributed by atoms with Crippen LogP contribution in [0.5, 0.6) is 0 Å². The van der Waals surface area contributed by atoms with Gasteiger partial charge in [-0.1, -0.05) is 12.1 Å². The van der Waals surface area contributed by atoms with Crippen molar-refractivity contribution >= 4 is 11.8 Å². The van der Waals surface area contributed by atoms with Gasteiger partial charge in [-0.25, -0.2) is 9.18 Å². The number of hydrogen-bond donors (Lipinski definition) is 0. The van der Waals surface area contributed by atoms with Crippen LogP contribution in [-0.4, -0.2) is 22.9 Å². The van der Waals surface area contributed by atoms with Crippen molar-refractivity contribution in [2.45, 2.75) is 27.7 Å². The standard InChI is InChI=1S/C23H22FNO3/c1-14-5-6-18(11-15(14)2)22(26)13-28-23(27)21-12-16(3)25(17(21)4)20-9-7-19(24)8-10-20/h5-12H,13H2,1-4H3. The second-order valence-electron chi connectivity index (χ2n) is 6.89. The number of aryl methyl sites for hydroxylation is 3. The zero-order valence-electron chi connectivity index (χ0n) is 16.4. The van der Waals surface area contributed by atoms with E-state index in [4.69, 9.17) is 4.74 Å². The quantitative estimate of drug-likeness (QED) is 0.468. The number of rotatable bonds is 5. The number of benzene rings is 2. The number of esters is 1. The molecular weight excluding hydrogens is 357 g/mol. The van der Waals surface area contributed by atoms with Gasteiger partial charge < -0.3 is 9.30 Å². The van der Waals surface area contributed by atoms with Crippen LogP contribution in [0.3, 0.4) is 0 Å². The molecule has 4 nitrogen and oxygen atoms in total. The summed E-state index contributed by atoms with van der Waals surface area (Å²) >= 11 is 0. The van der Waals surface area contributed by atoms with Gasteiger partial charge in [-0.3, -0.25) is 4.79 Å². The lowest BCUT2D eigenvalue weighted by molar-refractivity contribution is 0.0474. The molecule has 0 saturated carbocycles. The Morgan fingerprint density at radius 3 is 2.25 bits per heavy atom. The number of ether oxygens (including phenoxy) is 1. The molecule has 144 valence electrons. The average Bonchev–Trinajstić information content (AvgIpc) is 2.97. The fourth-order valence-corrected chi connectivity index (χ4v) is 3.16. The first kappa shape index (κ1) is 19.5. The summed E-state index contributed by atoms with van der Waals surface area (Å²) in [6, 6.07) is 13.2. The molecule has 5 heteroatoms. The average molecular weight is 379 g/mol. The van der Waals surface area contributed by atoms with Crippen molar-refractivity contribution in [3.8, 4) is 5.69 Å². The minimum atomic E-state index is -0.557. The Hall–Kier alpha value is -3.21. The lowest BCUT2D eigenvalue weighted by Gasteiger charge is -2.10. The molecule has 3 rings (SSSR count). The van der Waals surface area contributed by atoms with Crippen LogP contribution in [0.15, 0.2) is 48.5 Å². The summed E-state index contributed by atoms with van der Waals surface area (Å²) in [6.07, 6.45) is 0. The van der Waals surface area contributed by atoms with Crippen molar-refractivity contribution < 1.29 is 18.7 Å². The third-order valence-electron chi connectivity index (χ3n) is 4.90. The van der Waals surface area contributed by atoms with E-state index < -0.39 is 5.97 Å². The Balaban J connectivity index is 1.76. The number of aromatic nitrogens is 1. The van der Waals surface area contributed by atoms with Gasteiger partial charge in [0.25, 0.3) is 0 Å². The van der Waals surface area contributed by atoms with Gasteiger partial charge in [0.15, 0.2) is 12.4 Å². The van der Waals surface area contributed by atoms with Crippen LogP contribution < -0.4 is 0 Å². The van der Waals surface area contributed by atoms with Crippen LogP contribution in [0.4, 0.5) is 4.39 Å². The highest BCUT2D eigenvalue weighted by molar-refractivity contribution is 5.99. The van der Waals surface area contributed by atoms with Gasteiger partial charge in [-0.2, -0.15) is 0 Å². The fraction of sp³-hybridized carbons (Fsp3) is 0.217. The summed E-state index contributed by atoms with van der Waals surface area (Å²) < 4.78 is 20.3. The van der Waals surface area contributed by atoms with Crippen LogP contribution in [0.25, 0.3) is 5.69 Å². The van der Waals surface area contributed by atoms with Crippen LogP contribution in [0.2, 0.25) is 0 Å². The first-order valence-corrected chi connectivity index (χ1v) is 9.00. The Kier molecular flexibility index (Phi) is 5.45. The number of nitrogens with zero attached hydrogens (tertiary/aromatic N) is 1. The number of carbonyl (C=O) groups excluding carboxylic acids is 2. The molecule has 0 aliphatic rings. The van der Waals surface area contributed by atoms with Gasteiger partial charge in [-0.15, -0.1) is 0 Å². The molecule has 0 aliphatic heterocycles. The molecule has 1 aromatic heterocycles. The Morgan fingerprint density at radius 2 is 1.61 bits per heavy atom. The lowest BCUT2D eigenvalue weighted by Crippen LogP contribution is -2.15. The molecule has 0 N–H and O–H groups in total. The zero-order chi connectivity index (χ0) is 20.4. The van der Waals surface area contributed by atoms with E-state index in [0.717, 1.165) is 22.5 Å². The first-order chi connectivity index (χ1) is 13.3. The van der Waals surface area contributed by atoms with Crippen LogP contribution in [0.1, 0.15) is 43.2 Å². The minimum absolute atomic E-state index is 0.246. The van der Waals surface area contributed by atoms with Crippen molar-refractivity contribution in [3.05, 3.63) is 88.0 Å². The molecule has 0 bridgehead atoms. The van der Waals surface area contributed by atoms with Crippen LogP contribution in [-0.2, 0) is 4.74 Å². The van der Waals surface area contributed by atoms with Gasteiger partial charge in [0.1, 0.15) is 5.82 Å². The summed E-state index contributed by atoms with van der Waals surface area (Å²) in [5.74, 6) is -1.13. The molecule has 28 heavy (non-hydrogen) atoms. The first-order valence-electron chi connectivity index (χ1n) is 9.00. The maximum absolute atomic E-state index is 13.2. The van der Waals surface area contributed by atoms with Gasteiger partial charge in [0.2, 0.25) is 0 Å². The van der Waals surface area contributed by atoms with E-state index in [1.165, 1.54) is 12.1 Å². The smallest absolute Gasteiger partial charge is 0.340 e. The van der Waals surface area contributed by atoms with Crippen molar-refractivity contribution in [3.63, 3.8) is 0 Å². The third-order valence-corrected chi connectivity index (χ3v) is 4.90. The molecule has 0 amide bonds. The number of ketones is 1. The summed E-state index contributed by atoms with van der Waals surface area (Å²) in [6.45, 7) is 7.23. The Bertz CT molecular complexity index is 1050. The van der Waals surface area contributed by atoms with E-state index in [1.807, 2.05) is 31.4 Å². The van der Waals surface area contributed by atoms with E-state index in [9.17, 15) is 14.0 Å². The number of halogens is 1. The number of carbonyl (C=O) groups is 2. The second kappa shape index (κ2) is 7.80. The van der Waals surface area contributed by atoms with E-state index in [2.05, 4.69) is 0 Å². The predicted molar refractivity (Wildman–Crippen MR) is 106 cm³/mol. The van der Waals surface area contributed by atoms with Gasteiger partial charge in [0.05, 0.1) is 5.56 Å². The molecule has 0 radical (unpaired) electrons. The number of Topliss-reactive ketones (excluding diaryl/α,β-unsaturated/α-hetero) is 1. The molecule has 1 heterocycles. The summed E-state index contributed by atoms with van der Waals surface area (Å²) in [5, 5.41) is 0. The van der Waals surface area contributed by atoms with Crippen molar-refractivity contribution in [1.82, 2.24) is 4.57 Å². The van der Waals surface area contributed by atoms with Crippen LogP contribution >= 0.6 is 0 Å². The normalized spacial score (nSPS) is 10.8. The monoisotopic (exact) mass is 379 g/mol. The largest absolute Gasteiger partial charge is 0.454 e. The van der Waals surface area contributed by atoms with Crippen LogP contribution in [0, 0.1) is 33.5 Å². The lowest BCUT2D eigenvalue weighted by atomic mass is 10.0. The van der Waals surface area contributed by atoms with Gasteiger partial charge >= 0.3 is 5.97 Å². The van der Waals surface area contributed by atoms with Gasteiger partial charge in [0, 0.05) is 22.6 Å². The molecule has 0 aliphatic carbocycles. The Labute approximate surface area is 163 Å². The molecule has 0 fully saturated rings. The highest BCUT2D eigenvalue weighted by atomic mass is 19.1. The molecule has 0 unspecified atom stereocenters. The highest BCUT2D eigenvalue weighted by Crippen LogP contribution is 2.22. The molecule has 3 aromatic rings. The fourth-order valence-electron chi connectivity index (χ4n) is 3.16. The van der Waals surface area contributed by atoms with Crippen molar-refractivity contribution in [2.24, 2.45) is 0 Å². The molecular formula is C23H22FNO3. The third kappa shape index (κ3) is 3.88. The molecule has 2 aromatic carbocycles. The maximum Gasteiger partial charge on any atom is 0.340 e. The maximum atomic E-state index is 13.2. The predicted octanol–water partition coefficient (Wildman–Crippen LogP) is 4.89. The van der Waals surface area contributed by atoms with Crippen molar-refractivity contribution in [2.75, 3.05) is 6.61 Å². The van der Waals surface area contributed by atoms with Gasteiger partial charge in [-0.05, 0) is 75.2 Å². The summed E-state index contributed by atoms with van der Waals surface area (Å²) in [4.78, 5) is 24.9. The Morgan fingerprint density at radius 1 is 0.929 bits per heavy atom. The number of hydrogen-bond acceptors (Lipinski definition) is 3. The van der Waals surface area contributed by atoms with E-state index in [0.29, 0.717) is 16.8 Å². The summed E-state index contributed by atoms with van der Waals surface area (Å²) in [5.41, 5.74) is 5.26. The van der Waals surface area contributed by atoms with E-state index in [-0.39, 0.29) is 18.2 Å². The van der Waals surface area contributed by atoms with Crippen molar-refractivity contribution in [1.29, 1.82) is 0 Å². The summed E-state index contributed by atoms with van der Waals surface area (Å²) in [7, 11) is 0. The minimum Gasteiger partial charge on any atom is -0.454 e. The zero-order valence-corrected chi connectivity index (χ0v) is 16.4. The molecule has 0 spiro atoms. The molecule has 0 atom stereocenters. The topological polar surface area (TPSA) is 48.3 Å². The molecule has 0 saturated heterocycles. The SMILES string of the molecule is Cc1ccc(C(=O)COC(=O)c2cc(C)n(-c3ccc(F)cc3)c2C)cc1C. The van der Waals surface area contributed by atoms with E-state index >= 15 is 0 Å². The van der Waals surface area contributed by atoms with E-state index in [1.54, 1.807) is 37.3 Å².